The van der Waals surface area contributed by atoms with Gasteiger partial charge in [0.2, 0.25) is 0 Å². The van der Waals surface area contributed by atoms with Crippen molar-refractivity contribution in [2.24, 2.45) is 5.16 Å². The van der Waals surface area contributed by atoms with Gasteiger partial charge in [-0.15, -0.1) is 0 Å². The van der Waals surface area contributed by atoms with Crippen molar-refractivity contribution in [1.29, 1.82) is 0 Å². The number of oxime groups is 1. The predicted octanol–water partition coefficient (Wildman–Crippen LogP) is 2.00. The van der Waals surface area contributed by atoms with Crippen LogP contribution in [0.1, 0.15) is 25.5 Å². The zero-order chi connectivity index (χ0) is 11.2. The molecule has 1 aliphatic heterocycles. The highest BCUT2D eigenvalue weighted by atomic mass is 16.6. The fraction of sp³-hybridized carbons (Fsp3) is 0.500. The third-order valence-electron chi connectivity index (χ3n) is 2.52. The van der Waals surface area contributed by atoms with Gasteiger partial charge >= 0.3 is 0 Å². The van der Waals surface area contributed by atoms with Gasteiger partial charge in [-0.1, -0.05) is 11.2 Å². The Morgan fingerprint density at radius 3 is 3.25 bits per heavy atom. The van der Waals surface area contributed by atoms with Crippen molar-refractivity contribution in [3.05, 3.63) is 30.1 Å². The maximum absolute atomic E-state index is 5.43. The first kappa shape index (κ1) is 11.1. The second-order valence-corrected chi connectivity index (χ2v) is 3.82. The fourth-order valence-corrected chi connectivity index (χ4v) is 1.62. The molecule has 1 aliphatic rings. The Kier molecular flexibility index (Phi) is 3.88. The second-order valence-electron chi connectivity index (χ2n) is 3.82. The van der Waals surface area contributed by atoms with Crippen LogP contribution in [0.3, 0.4) is 0 Å². The van der Waals surface area contributed by atoms with Crippen LogP contribution in [0.25, 0.3) is 0 Å². The average Bonchev–Trinajstić information content (AvgIpc) is 2.83. The minimum Gasteiger partial charge on any atom is -0.393 e. The van der Waals surface area contributed by atoms with E-state index in [0.717, 1.165) is 30.9 Å². The van der Waals surface area contributed by atoms with Crippen LogP contribution in [0, 0.1) is 0 Å². The van der Waals surface area contributed by atoms with Crippen molar-refractivity contribution >= 4 is 5.71 Å². The number of pyridine rings is 1. The molecule has 4 heteroatoms. The molecular weight excluding hydrogens is 204 g/mol. The molecule has 0 spiro atoms. The summed E-state index contributed by atoms with van der Waals surface area (Å²) in [7, 11) is 0. The number of hydrogen-bond donors (Lipinski definition) is 0. The molecule has 1 atom stereocenters. The first-order chi connectivity index (χ1) is 7.86. The van der Waals surface area contributed by atoms with E-state index in [1.165, 1.54) is 0 Å². The lowest BCUT2D eigenvalue weighted by Crippen LogP contribution is -2.12. The van der Waals surface area contributed by atoms with Crippen molar-refractivity contribution < 1.29 is 9.57 Å². The lowest BCUT2D eigenvalue weighted by atomic mass is 10.2. The summed E-state index contributed by atoms with van der Waals surface area (Å²) >= 11 is 0. The molecule has 16 heavy (non-hydrogen) atoms. The van der Waals surface area contributed by atoms with Crippen LogP contribution < -0.4 is 0 Å². The molecule has 0 N–H and O–H groups in total. The lowest BCUT2D eigenvalue weighted by molar-refractivity contribution is 0.0196. The molecule has 0 amide bonds. The molecule has 0 saturated carbocycles. The Bertz CT molecular complexity index is 345. The molecule has 0 aromatic carbocycles. The van der Waals surface area contributed by atoms with Crippen LogP contribution in [0.4, 0.5) is 0 Å². The van der Waals surface area contributed by atoms with Crippen molar-refractivity contribution in [3.8, 4) is 0 Å². The highest BCUT2D eigenvalue weighted by Gasteiger charge is 2.15. The van der Waals surface area contributed by atoms with Crippen molar-refractivity contribution in [2.75, 3.05) is 13.2 Å². The highest BCUT2D eigenvalue weighted by Crippen LogP contribution is 2.12. The predicted molar refractivity (Wildman–Crippen MR) is 61.4 cm³/mol. The molecule has 1 aromatic heterocycles. The third kappa shape index (κ3) is 3.03. The zero-order valence-corrected chi connectivity index (χ0v) is 9.43. The smallest absolute Gasteiger partial charge is 0.143 e. The van der Waals surface area contributed by atoms with Gasteiger partial charge in [-0.05, 0) is 31.9 Å². The Morgan fingerprint density at radius 1 is 1.62 bits per heavy atom. The normalized spacial score (nSPS) is 21.1. The molecule has 86 valence electrons. The van der Waals surface area contributed by atoms with E-state index < -0.39 is 0 Å². The number of rotatable bonds is 4. The summed E-state index contributed by atoms with van der Waals surface area (Å²) in [4.78, 5) is 9.44. The SMILES string of the molecule is C/C(=N\OCC1CCCO1)c1ccccn1. The van der Waals surface area contributed by atoms with Gasteiger partial charge < -0.3 is 9.57 Å². The van der Waals surface area contributed by atoms with Gasteiger partial charge in [0.05, 0.1) is 11.8 Å². The van der Waals surface area contributed by atoms with E-state index in [9.17, 15) is 0 Å². The molecule has 1 unspecified atom stereocenters. The standard InChI is InChI=1S/C12H16N2O2/c1-10(12-6-2-3-7-13-12)14-16-9-11-5-4-8-15-11/h2-3,6-7,11H,4-5,8-9H2,1H3/b14-10+. The summed E-state index contributed by atoms with van der Waals surface area (Å²) in [5, 5.41) is 4.03. The molecule has 1 aromatic rings. The lowest BCUT2D eigenvalue weighted by Gasteiger charge is -2.07. The van der Waals surface area contributed by atoms with Crippen LogP contribution in [0.15, 0.2) is 29.6 Å². The van der Waals surface area contributed by atoms with Gasteiger partial charge in [-0.3, -0.25) is 4.98 Å². The Labute approximate surface area is 95.3 Å². The summed E-state index contributed by atoms with van der Waals surface area (Å²) < 4.78 is 5.43. The van der Waals surface area contributed by atoms with Crippen LogP contribution in [-0.4, -0.2) is 30.0 Å². The third-order valence-corrected chi connectivity index (χ3v) is 2.52. The molecule has 0 aliphatic carbocycles. The van der Waals surface area contributed by atoms with Crippen LogP contribution in [0.5, 0.6) is 0 Å². The maximum Gasteiger partial charge on any atom is 0.143 e. The number of nitrogens with zero attached hydrogens (tertiary/aromatic N) is 2. The minimum absolute atomic E-state index is 0.209. The number of aromatic nitrogens is 1. The zero-order valence-electron chi connectivity index (χ0n) is 9.43. The van der Waals surface area contributed by atoms with Gasteiger partial charge in [-0.25, -0.2) is 0 Å². The first-order valence-electron chi connectivity index (χ1n) is 5.56. The molecular formula is C12H16N2O2. The van der Waals surface area contributed by atoms with Gasteiger partial charge in [0.1, 0.15) is 12.3 Å². The van der Waals surface area contributed by atoms with Crippen LogP contribution in [0.2, 0.25) is 0 Å². The van der Waals surface area contributed by atoms with Gasteiger partial charge in [0.25, 0.3) is 0 Å². The van der Waals surface area contributed by atoms with Gasteiger partial charge in [0, 0.05) is 12.8 Å². The number of hydrogen-bond acceptors (Lipinski definition) is 4. The largest absolute Gasteiger partial charge is 0.393 e. The molecule has 4 nitrogen and oxygen atoms in total. The maximum atomic E-state index is 5.43. The van der Waals surface area contributed by atoms with E-state index in [-0.39, 0.29) is 6.10 Å². The Hall–Kier alpha value is -1.42. The van der Waals surface area contributed by atoms with Crippen LogP contribution in [-0.2, 0) is 9.57 Å². The van der Waals surface area contributed by atoms with Gasteiger partial charge in [0.15, 0.2) is 0 Å². The van der Waals surface area contributed by atoms with Crippen molar-refractivity contribution in [2.45, 2.75) is 25.9 Å². The molecule has 2 rings (SSSR count). The first-order valence-corrected chi connectivity index (χ1v) is 5.56. The molecule has 0 radical (unpaired) electrons. The fourth-order valence-electron chi connectivity index (χ4n) is 1.62. The molecule has 1 fully saturated rings. The summed E-state index contributed by atoms with van der Waals surface area (Å²) in [5.41, 5.74) is 1.63. The summed E-state index contributed by atoms with van der Waals surface area (Å²) in [6.07, 6.45) is 4.14. The highest BCUT2D eigenvalue weighted by molar-refractivity contribution is 5.96. The summed E-state index contributed by atoms with van der Waals surface area (Å²) in [6.45, 7) is 3.26. The number of ether oxygens (including phenoxy) is 1. The van der Waals surface area contributed by atoms with Crippen LogP contribution >= 0.6 is 0 Å². The van der Waals surface area contributed by atoms with E-state index in [2.05, 4.69) is 10.1 Å². The summed E-state index contributed by atoms with van der Waals surface area (Å²) in [5.74, 6) is 0. The van der Waals surface area contributed by atoms with E-state index in [1.807, 2.05) is 25.1 Å². The Balaban J connectivity index is 1.82. The van der Waals surface area contributed by atoms with E-state index >= 15 is 0 Å². The summed E-state index contributed by atoms with van der Waals surface area (Å²) in [6, 6.07) is 5.72. The second kappa shape index (κ2) is 5.61. The monoisotopic (exact) mass is 220 g/mol. The topological polar surface area (TPSA) is 43.7 Å². The Morgan fingerprint density at radius 2 is 2.56 bits per heavy atom. The van der Waals surface area contributed by atoms with Crippen molar-refractivity contribution in [3.63, 3.8) is 0 Å². The van der Waals surface area contributed by atoms with Gasteiger partial charge in [-0.2, -0.15) is 0 Å². The van der Waals surface area contributed by atoms with Crippen molar-refractivity contribution in [1.82, 2.24) is 4.98 Å². The average molecular weight is 220 g/mol. The van der Waals surface area contributed by atoms with E-state index in [4.69, 9.17) is 9.57 Å². The molecule has 0 bridgehead atoms. The molecule has 1 saturated heterocycles. The van der Waals surface area contributed by atoms with E-state index in [0.29, 0.717) is 6.61 Å². The quantitative estimate of drug-likeness (QED) is 0.576. The minimum atomic E-state index is 0.209. The molecule has 2 heterocycles. The van der Waals surface area contributed by atoms with E-state index in [1.54, 1.807) is 6.20 Å².